The first-order valence-electron chi connectivity index (χ1n) is 4.26. The summed E-state index contributed by atoms with van der Waals surface area (Å²) in [5.41, 5.74) is 0. The molecular weight excluding hydrogens is 315 g/mol. The number of nitrogens with zero attached hydrogens (tertiary/aromatic N) is 2. The van der Waals surface area contributed by atoms with Gasteiger partial charge in [0.15, 0.2) is 0 Å². The Hall–Kier alpha value is -0.840. The molecule has 82 valence electrons. The van der Waals surface area contributed by atoms with Crippen molar-refractivity contribution < 1.29 is 4.74 Å². The molecule has 2 aromatic rings. The Balaban J connectivity index is 2.35. The molecule has 0 aliphatic heterocycles. The predicted molar refractivity (Wildman–Crippen MR) is 66.3 cm³/mol. The smallest absolute Gasteiger partial charge is 0.236 e. The van der Waals surface area contributed by atoms with Gasteiger partial charge in [-0.1, -0.05) is 29.3 Å². The van der Waals surface area contributed by atoms with E-state index >= 15 is 0 Å². The Labute approximate surface area is 111 Å². The number of rotatable bonds is 2. The molecule has 6 heteroatoms. The van der Waals surface area contributed by atoms with Gasteiger partial charge in [-0.2, -0.15) is 0 Å². The van der Waals surface area contributed by atoms with E-state index in [1.807, 2.05) is 0 Å². The van der Waals surface area contributed by atoms with E-state index in [4.69, 9.17) is 27.9 Å². The number of halogens is 3. The van der Waals surface area contributed by atoms with Crippen LogP contribution >= 0.6 is 39.1 Å². The van der Waals surface area contributed by atoms with Crippen LogP contribution in [0.2, 0.25) is 10.0 Å². The minimum Gasteiger partial charge on any atom is -0.436 e. The highest BCUT2D eigenvalue weighted by Crippen LogP contribution is 2.35. The molecule has 2 rings (SSSR count). The third-order valence-electron chi connectivity index (χ3n) is 1.76. The van der Waals surface area contributed by atoms with Crippen molar-refractivity contribution in [2.45, 2.75) is 0 Å². The summed E-state index contributed by atoms with van der Waals surface area (Å²) >= 11 is 15.1. The van der Waals surface area contributed by atoms with Crippen LogP contribution in [0, 0.1) is 0 Å². The van der Waals surface area contributed by atoms with Crippen molar-refractivity contribution in [3.63, 3.8) is 0 Å². The standard InChI is InChI=1S/C10H5BrCl2N2O/c11-6-4-14-5-15-10(6)16-8-3-1-2-7(12)9(8)13/h1-5H. The van der Waals surface area contributed by atoms with Gasteiger partial charge in [-0.05, 0) is 28.1 Å². The van der Waals surface area contributed by atoms with Crippen molar-refractivity contribution in [1.82, 2.24) is 9.97 Å². The number of hydrogen-bond donors (Lipinski definition) is 0. The van der Waals surface area contributed by atoms with E-state index in [1.54, 1.807) is 24.4 Å². The van der Waals surface area contributed by atoms with Gasteiger partial charge in [-0.3, -0.25) is 0 Å². The summed E-state index contributed by atoms with van der Waals surface area (Å²) in [7, 11) is 0. The van der Waals surface area contributed by atoms with Crippen LogP contribution in [0.3, 0.4) is 0 Å². The van der Waals surface area contributed by atoms with Crippen LogP contribution in [0.15, 0.2) is 35.2 Å². The Morgan fingerprint density at radius 3 is 2.81 bits per heavy atom. The molecule has 0 saturated heterocycles. The summed E-state index contributed by atoms with van der Waals surface area (Å²) in [6, 6.07) is 5.15. The number of benzene rings is 1. The second-order valence-electron chi connectivity index (χ2n) is 2.83. The van der Waals surface area contributed by atoms with Crippen molar-refractivity contribution >= 4 is 39.1 Å². The van der Waals surface area contributed by atoms with E-state index in [0.29, 0.717) is 26.1 Å². The Morgan fingerprint density at radius 1 is 1.25 bits per heavy atom. The molecule has 0 spiro atoms. The molecule has 0 aliphatic carbocycles. The minimum atomic E-state index is 0.356. The first-order valence-corrected chi connectivity index (χ1v) is 5.81. The summed E-state index contributed by atoms with van der Waals surface area (Å²) in [5, 5.41) is 0.791. The molecule has 0 bridgehead atoms. The maximum absolute atomic E-state index is 5.98. The third-order valence-corrected chi connectivity index (χ3v) is 3.10. The summed E-state index contributed by atoms with van der Waals surface area (Å²) in [5.74, 6) is 0.840. The SMILES string of the molecule is Clc1cccc(Oc2ncncc2Br)c1Cl. The largest absolute Gasteiger partial charge is 0.436 e. The van der Waals surface area contributed by atoms with Crippen LogP contribution in [-0.4, -0.2) is 9.97 Å². The van der Waals surface area contributed by atoms with Gasteiger partial charge in [0.1, 0.15) is 17.1 Å². The minimum absolute atomic E-state index is 0.356. The first-order chi connectivity index (χ1) is 7.68. The number of ether oxygens (including phenoxy) is 1. The van der Waals surface area contributed by atoms with Crippen LogP contribution in [0.5, 0.6) is 11.6 Å². The maximum Gasteiger partial charge on any atom is 0.236 e. The van der Waals surface area contributed by atoms with Gasteiger partial charge in [0, 0.05) is 6.20 Å². The Kier molecular flexibility index (Phi) is 3.63. The fraction of sp³-hybridized carbons (Fsp3) is 0. The highest BCUT2D eigenvalue weighted by Gasteiger charge is 2.09. The zero-order valence-corrected chi connectivity index (χ0v) is 10.9. The van der Waals surface area contributed by atoms with Crippen molar-refractivity contribution in [2.75, 3.05) is 0 Å². The van der Waals surface area contributed by atoms with E-state index in [2.05, 4.69) is 25.9 Å². The molecule has 0 fully saturated rings. The zero-order valence-electron chi connectivity index (χ0n) is 7.82. The predicted octanol–water partition coefficient (Wildman–Crippen LogP) is 4.34. The topological polar surface area (TPSA) is 35.0 Å². The quantitative estimate of drug-likeness (QED) is 0.826. The number of aromatic nitrogens is 2. The average molecular weight is 320 g/mol. The summed E-state index contributed by atoms with van der Waals surface area (Å²) in [6.45, 7) is 0. The van der Waals surface area contributed by atoms with Crippen molar-refractivity contribution in [3.8, 4) is 11.6 Å². The lowest BCUT2D eigenvalue weighted by molar-refractivity contribution is 0.458. The van der Waals surface area contributed by atoms with Crippen LogP contribution in [0.1, 0.15) is 0 Å². The van der Waals surface area contributed by atoms with Gasteiger partial charge in [-0.25, -0.2) is 9.97 Å². The normalized spacial score (nSPS) is 10.2. The Bertz CT molecular complexity index is 522. The molecule has 0 radical (unpaired) electrons. The molecule has 1 aromatic carbocycles. The summed E-state index contributed by atoms with van der Waals surface area (Å²) < 4.78 is 6.15. The van der Waals surface area contributed by atoms with Gasteiger partial charge in [-0.15, -0.1) is 0 Å². The molecule has 0 atom stereocenters. The van der Waals surface area contributed by atoms with Crippen molar-refractivity contribution in [1.29, 1.82) is 0 Å². The first kappa shape index (κ1) is 11.6. The molecule has 0 aliphatic rings. The van der Waals surface area contributed by atoms with Gasteiger partial charge in [0.25, 0.3) is 0 Å². The highest BCUT2D eigenvalue weighted by atomic mass is 79.9. The van der Waals surface area contributed by atoms with Gasteiger partial charge in [0.2, 0.25) is 5.88 Å². The van der Waals surface area contributed by atoms with Crippen molar-refractivity contribution in [2.24, 2.45) is 0 Å². The highest BCUT2D eigenvalue weighted by molar-refractivity contribution is 9.10. The van der Waals surface area contributed by atoms with Crippen LogP contribution in [0.4, 0.5) is 0 Å². The molecule has 3 nitrogen and oxygen atoms in total. The van der Waals surface area contributed by atoms with Gasteiger partial charge >= 0.3 is 0 Å². The fourth-order valence-corrected chi connectivity index (χ4v) is 1.68. The van der Waals surface area contributed by atoms with Crippen LogP contribution in [-0.2, 0) is 0 Å². The molecule has 0 unspecified atom stereocenters. The maximum atomic E-state index is 5.98. The lowest BCUT2D eigenvalue weighted by atomic mass is 10.3. The molecule has 16 heavy (non-hydrogen) atoms. The lowest BCUT2D eigenvalue weighted by Crippen LogP contribution is -1.90. The molecule has 1 aromatic heterocycles. The summed E-state index contributed by atoms with van der Waals surface area (Å²) in [6.07, 6.45) is 2.97. The van der Waals surface area contributed by atoms with Gasteiger partial charge < -0.3 is 4.74 Å². The van der Waals surface area contributed by atoms with Crippen LogP contribution in [0.25, 0.3) is 0 Å². The van der Waals surface area contributed by atoms with E-state index in [-0.39, 0.29) is 0 Å². The summed E-state index contributed by atoms with van der Waals surface area (Å²) in [4.78, 5) is 7.79. The second kappa shape index (κ2) is 4.99. The average Bonchev–Trinajstić information content (AvgIpc) is 2.28. The van der Waals surface area contributed by atoms with Crippen LogP contribution < -0.4 is 4.74 Å². The van der Waals surface area contributed by atoms with Crippen molar-refractivity contribution in [3.05, 3.63) is 45.2 Å². The molecule has 0 saturated carbocycles. The number of hydrogen-bond acceptors (Lipinski definition) is 3. The second-order valence-corrected chi connectivity index (χ2v) is 4.47. The molecule has 0 N–H and O–H groups in total. The zero-order chi connectivity index (χ0) is 11.5. The third kappa shape index (κ3) is 2.45. The fourth-order valence-electron chi connectivity index (χ4n) is 1.04. The van der Waals surface area contributed by atoms with Gasteiger partial charge in [0.05, 0.1) is 9.50 Å². The van der Waals surface area contributed by atoms with E-state index in [1.165, 1.54) is 6.33 Å². The Morgan fingerprint density at radius 2 is 2.06 bits per heavy atom. The molecule has 1 heterocycles. The monoisotopic (exact) mass is 318 g/mol. The molecular formula is C10H5BrCl2N2O. The van der Waals surface area contributed by atoms with E-state index < -0.39 is 0 Å². The van der Waals surface area contributed by atoms with E-state index in [9.17, 15) is 0 Å². The van der Waals surface area contributed by atoms with E-state index in [0.717, 1.165) is 0 Å². The lowest BCUT2D eigenvalue weighted by Gasteiger charge is -2.07. The molecule has 0 amide bonds.